The van der Waals surface area contributed by atoms with Crippen LogP contribution in [0.3, 0.4) is 0 Å². The fourth-order valence-electron chi connectivity index (χ4n) is 2.96. The molecule has 26 heavy (non-hydrogen) atoms. The summed E-state index contributed by atoms with van der Waals surface area (Å²) in [6.07, 6.45) is 2.53. The number of nitrogens with two attached hydrogens (primary N) is 1. The summed E-state index contributed by atoms with van der Waals surface area (Å²) in [5.41, 5.74) is 6.30. The van der Waals surface area contributed by atoms with Gasteiger partial charge in [-0.05, 0) is 56.1 Å². The van der Waals surface area contributed by atoms with Gasteiger partial charge in [0, 0.05) is 24.7 Å². The third-order valence-electron chi connectivity index (χ3n) is 4.40. The number of hydrogen-bond donors (Lipinski definition) is 1. The number of carbonyl (C=O) groups excluding carboxylic acids is 3. The first kappa shape index (κ1) is 20.4. The molecule has 0 saturated carbocycles. The molecule has 9 heteroatoms. The number of nitrogens with zero attached hydrogens (tertiary/aromatic N) is 3. The summed E-state index contributed by atoms with van der Waals surface area (Å²) in [5, 5.41) is 2.75. The van der Waals surface area contributed by atoms with Crippen molar-refractivity contribution in [1.82, 2.24) is 14.9 Å². The zero-order valence-electron chi connectivity index (χ0n) is 14.5. The van der Waals surface area contributed by atoms with Crippen LogP contribution in [-0.4, -0.2) is 65.2 Å². The number of hydrazine groups is 1. The van der Waals surface area contributed by atoms with E-state index in [-0.39, 0.29) is 23.6 Å². The molecule has 0 aliphatic carbocycles. The fourth-order valence-corrected chi connectivity index (χ4v) is 3.81. The number of rotatable bonds is 4. The second kappa shape index (κ2) is 8.22. The van der Waals surface area contributed by atoms with Gasteiger partial charge in [0.05, 0.1) is 4.91 Å². The Kier molecular flexibility index (Phi) is 6.46. The van der Waals surface area contributed by atoms with Crippen LogP contribution < -0.4 is 5.73 Å². The maximum atomic E-state index is 12.7. The Morgan fingerprint density at radius 3 is 2.69 bits per heavy atom. The van der Waals surface area contributed by atoms with E-state index in [9.17, 15) is 14.4 Å². The molecule has 1 aromatic carbocycles. The topological polar surface area (TPSA) is 86.9 Å². The van der Waals surface area contributed by atoms with Crippen molar-refractivity contribution >= 4 is 47.3 Å². The van der Waals surface area contributed by atoms with Crippen LogP contribution in [0.25, 0.3) is 6.08 Å². The van der Waals surface area contributed by atoms with Gasteiger partial charge in [0.25, 0.3) is 5.91 Å². The molecule has 0 radical (unpaired) electrons. The van der Waals surface area contributed by atoms with E-state index in [4.69, 9.17) is 5.73 Å². The summed E-state index contributed by atoms with van der Waals surface area (Å²) in [4.78, 5) is 38.7. The van der Waals surface area contributed by atoms with Gasteiger partial charge in [-0.3, -0.25) is 14.4 Å². The van der Waals surface area contributed by atoms with E-state index in [0.717, 1.165) is 18.2 Å². The number of hydrogen-bond acceptors (Lipinski definition) is 6. The second-order valence-corrected chi connectivity index (χ2v) is 7.30. The highest BCUT2D eigenvalue weighted by Crippen LogP contribution is 2.34. The molecule has 140 valence electrons. The first-order valence-electron chi connectivity index (χ1n) is 7.96. The number of thioether (sulfide) groups is 1. The van der Waals surface area contributed by atoms with E-state index in [1.165, 1.54) is 5.01 Å². The first-order valence-corrected chi connectivity index (χ1v) is 8.77. The van der Waals surface area contributed by atoms with E-state index in [0.29, 0.717) is 35.2 Å². The minimum atomic E-state index is -0.532. The lowest BCUT2D eigenvalue weighted by Crippen LogP contribution is -2.45. The molecule has 7 nitrogen and oxygen atoms in total. The third-order valence-corrected chi connectivity index (χ3v) is 5.26. The van der Waals surface area contributed by atoms with Gasteiger partial charge in [-0.15, -0.1) is 12.4 Å². The average Bonchev–Trinajstić information content (AvgIpc) is 3.13. The smallest absolute Gasteiger partial charge is 0.308 e. The van der Waals surface area contributed by atoms with Gasteiger partial charge < -0.3 is 10.6 Å². The van der Waals surface area contributed by atoms with Crippen LogP contribution >= 0.6 is 24.2 Å². The Morgan fingerprint density at radius 2 is 2.08 bits per heavy atom. The number of halogens is 1. The Labute approximate surface area is 162 Å². The van der Waals surface area contributed by atoms with E-state index < -0.39 is 5.91 Å². The SMILES string of the molecule is CN(C)C1CCN(N2C(=O)S/C(=C\c3cccc(C(N)=O)c3)C2=O)C1.Cl. The zero-order valence-corrected chi connectivity index (χ0v) is 16.2. The van der Waals surface area contributed by atoms with E-state index >= 15 is 0 Å². The lowest BCUT2D eigenvalue weighted by Gasteiger charge is -2.25. The highest BCUT2D eigenvalue weighted by molar-refractivity contribution is 8.18. The fraction of sp³-hybridized carbons (Fsp3) is 0.353. The maximum Gasteiger partial charge on any atom is 0.308 e. The molecule has 2 aliphatic rings. The highest BCUT2D eigenvalue weighted by Gasteiger charge is 2.42. The van der Waals surface area contributed by atoms with Crippen LogP contribution in [0.5, 0.6) is 0 Å². The van der Waals surface area contributed by atoms with Crippen LogP contribution in [0.1, 0.15) is 22.3 Å². The lowest BCUT2D eigenvalue weighted by atomic mass is 10.1. The Morgan fingerprint density at radius 1 is 1.35 bits per heavy atom. The van der Waals surface area contributed by atoms with Crippen molar-refractivity contribution in [3.05, 3.63) is 40.3 Å². The molecule has 0 aromatic heterocycles. The Bertz CT molecular complexity index is 768. The van der Waals surface area contributed by atoms with Gasteiger partial charge in [0.1, 0.15) is 0 Å². The largest absolute Gasteiger partial charge is 0.366 e. The van der Waals surface area contributed by atoms with Crippen molar-refractivity contribution in [2.45, 2.75) is 12.5 Å². The molecule has 2 N–H and O–H groups in total. The lowest BCUT2D eigenvalue weighted by molar-refractivity contribution is -0.133. The monoisotopic (exact) mass is 396 g/mol. The summed E-state index contributed by atoms with van der Waals surface area (Å²) in [6.45, 7) is 1.32. The summed E-state index contributed by atoms with van der Waals surface area (Å²) in [5.74, 6) is -0.853. The van der Waals surface area contributed by atoms with Crippen molar-refractivity contribution in [1.29, 1.82) is 0 Å². The third kappa shape index (κ3) is 4.09. The predicted molar refractivity (Wildman–Crippen MR) is 104 cm³/mol. The van der Waals surface area contributed by atoms with Gasteiger partial charge in [-0.2, -0.15) is 5.01 Å². The number of imide groups is 1. The number of likely N-dealkylation sites (N-methyl/N-ethyl adjacent to an activating group) is 1. The minimum absolute atomic E-state index is 0. The van der Waals surface area contributed by atoms with E-state index in [2.05, 4.69) is 4.90 Å². The molecule has 0 bridgehead atoms. The molecule has 1 aromatic rings. The zero-order chi connectivity index (χ0) is 18.1. The summed E-state index contributed by atoms with van der Waals surface area (Å²) < 4.78 is 0. The number of amides is 3. The molecule has 2 saturated heterocycles. The molecule has 1 unspecified atom stereocenters. The molecule has 2 aliphatic heterocycles. The molecule has 2 fully saturated rings. The van der Waals surface area contributed by atoms with Crippen LogP contribution in [0.2, 0.25) is 0 Å². The average molecular weight is 397 g/mol. The van der Waals surface area contributed by atoms with Crippen LogP contribution in [0.15, 0.2) is 29.2 Å². The van der Waals surface area contributed by atoms with E-state index in [1.54, 1.807) is 30.3 Å². The number of benzene rings is 1. The van der Waals surface area contributed by atoms with Crippen molar-refractivity contribution in [3.63, 3.8) is 0 Å². The molecule has 2 heterocycles. The number of primary amides is 1. The normalized spacial score (nSPS) is 22.3. The predicted octanol–water partition coefficient (Wildman–Crippen LogP) is 1.79. The molecular weight excluding hydrogens is 376 g/mol. The Balaban J connectivity index is 0.00000243. The van der Waals surface area contributed by atoms with Gasteiger partial charge in [0.15, 0.2) is 0 Å². The standard InChI is InChI=1S/C17H20N4O3S.ClH/c1-19(2)13-6-7-20(10-13)21-16(23)14(25-17(21)24)9-11-4-3-5-12(8-11)15(18)22;/h3-5,8-9,13H,6-7,10H2,1-2H3,(H2,18,22);1H/b14-9-;. The molecule has 3 amide bonds. The second-order valence-electron chi connectivity index (χ2n) is 6.30. The van der Waals surface area contributed by atoms with Gasteiger partial charge >= 0.3 is 5.24 Å². The highest BCUT2D eigenvalue weighted by atomic mass is 35.5. The molecule has 1 atom stereocenters. The van der Waals surface area contributed by atoms with Crippen molar-refractivity contribution in [2.75, 3.05) is 27.2 Å². The molecular formula is C17H21ClN4O3S. The Hall–Kier alpha value is -1.87. The first-order chi connectivity index (χ1) is 11.9. The van der Waals surface area contributed by atoms with Crippen molar-refractivity contribution in [2.24, 2.45) is 5.73 Å². The van der Waals surface area contributed by atoms with Gasteiger partial charge in [-0.1, -0.05) is 12.1 Å². The van der Waals surface area contributed by atoms with E-state index in [1.807, 2.05) is 19.1 Å². The van der Waals surface area contributed by atoms with Crippen LogP contribution in [0.4, 0.5) is 4.79 Å². The number of carbonyl (C=O) groups is 3. The van der Waals surface area contributed by atoms with Gasteiger partial charge in [-0.25, -0.2) is 5.01 Å². The minimum Gasteiger partial charge on any atom is -0.366 e. The van der Waals surface area contributed by atoms with Gasteiger partial charge in [0.2, 0.25) is 5.91 Å². The quantitative estimate of drug-likeness (QED) is 0.781. The van der Waals surface area contributed by atoms with Crippen molar-refractivity contribution in [3.8, 4) is 0 Å². The van der Waals surface area contributed by atoms with Crippen LogP contribution in [0, 0.1) is 0 Å². The van der Waals surface area contributed by atoms with Crippen LogP contribution in [-0.2, 0) is 4.79 Å². The maximum absolute atomic E-state index is 12.7. The summed E-state index contributed by atoms with van der Waals surface area (Å²) in [6, 6.07) is 6.99. The van der Waals surface area contributed by atoms with Crippen molar-refractivity contribution < 1.29 is 14.4 Å². The molecule has 0 spiro atoms. The summed E-state index contributed by atoms with van der Waals surface area (Å²) >= 11 is 0.914. The molecule has 3 rings (SSSR count). The summed E-state index contributed by atoms with van der Waals surface area (Å²) in [7, 11) is 3.99.